The SMILES string of the molecule is Cc1cc(=O)c(C(=O)N2CCN(C3CC3)CC2)c[nH]1. The van der Waals surface area contributed by atoms with Gasteiger partial charge in [0.25, 0.3) is 5.91 Å². The van der Waals surface area contributed by atoms with Gasteiger partial charge in [-0.2, -0.15) is 0 Å². The number of amides is 1. The van der Waals surface area contributed by atoms with E-state index in [9.17, 15) is 9.59 Å². The molecule has 2 heterocycles. The topological polar surface area (TPSA) is 56.4 Å². The average Bonchev–Trinajstić information content (AvgIpc) is 3.22. The molecule has 3 rings (SSSR count). The zero-order chi connectivity index (χ0) is 13.4. The molecule has 5 nitrogen and oxygen atoms in total. The van der Waals surface area contributed by atoms with E-state index < -0.39 is 0 Å². The summed E-state index contributed by atoms with van der Waals surface area (Å²) >= 11 is 0. The lowest BCUT2D eigenvalue weighted by atomic mass is 10.2. The van der Waals surface area contributed by atoms with Crippen molar-refractivity contribution in [1.82, 2.24) is 14.8 Å². The molecule has 1 aromatic heterocycles. The van der Waals surface area contributed by atoms with E-state index in [-0.39, 0.29) is 16.9 Å². The third-order valence-electron chi connectivity index (χ3n) is 3.95. The summed E-state index contributed by atoms with van der Waals surface area (Å²) in [5.41, 5.74) is 0.844. The van der Waals surface area contributed by atoms with Gasteiger partial charge in [0.15, 0.2) is 5.43 Å². The highest BCUT2D eigenvalue weighted by atomic mass is 16.2. The van der Waals surface area contributed by atoms with Crippen molar-refractivity contribution in [2.45, 2.75) is 25.8 Å². The third-order valence-corrected chi connectivity index (χ3v) is 3.95. The number of rotatable bonds is 2. The Balaban J connectivity index is 1.68. The number of pyridine rings is 1. The highest BCUT2D eigenvalue weighted by molar-refractivity contribution is 5.93. The molecule has 1 saturated heterocycles. The Morgan fingerprint density at radius 3 is 2.53 bits per heavy atom. The molecule has 1 aliphatic heterocycles. The van der Waals surface area contributed by atoms with Crippen molar-refractivity contribution >= 4 is 5.91 Å². The van der Waals surface area contributed by atoms with Gasteiger partial charge in [-0.25, -0.2) is 0 Å². The number of carbonyl (C=O) groups is 1. The van der Waals surface area contributed by atoms with E-state index in [0.29, 0.717) is 0 Å². The molecule has 0 unspecified atom stereocenters. The zero-order valence-corrected chi connectivity index (χ0v) is 11.2. The lowest BCUT2D eigenvalue weighted by molar-refractivity contribution is 0.0625. The standard InChI is InChI=1S/C14H19N3O2/c1-10-8-13(18)12(9-15-10)14(19)17-6-4-16(5-7-17)11-2-3-11/h8-9,11H,2-7H2,1H3,(H,15,18). The molecule has 0 aromatic carbocycles. The van der Waals surface area contributed by atoms with E-state index in [0.717, 1.165) is 37.9 Å². The van der Waals surface area contributed by atoms with Gasteiger partial charge in [0.1, 0.15) is 5.56 Å². The Morgan fingerprint density at radius 2 is 1.95 bits per heavy atom. The fourth-order valence-corrected chi connectivity index (χ4v) is 2.64. The number of hydrogen-bond acceptors (Lipinski definition) is 3. The van der Waals surface area contributed by atoms with Crippen LogP contribution in [-0.4, -0.2) is 52.9 Å². The molecule has 1 amide bonds. The van der Waals surface area contributed by atoms with E-state index >= 15 is 0 Å². The van der Waals surface area contributed by atoms with Crippen LogP contribution in [0, 0.1) is 6.92 Å². The van der Waals surface area contributed by atoms with Crippen molar-refractivity contribution in [1.29, 1.82) is 0 Å². The molecule has 0 atom stereocenters. The average molecular weight is 261 g/mol. The van der Waals surface area contributed by atoms with Crippen LogP contribution < -0.4 is 5.43 Å². The number of nitrogens with zero attached hydrogens (tertiary/aromatic N) is 2. The second-order valence-corrected chi connectivity index (χ2v) is 5.45. The monoisotopic (exact) mass is 261 g/mol. The minimum atomic E-state index is -0.189. The molecule has 102 valence electrons. The van der Waals surface area contributed by atoms with Crippen molar-refractivity contribution in [2.24, 2.45) is 0 Å². The summed E-state index contributed by atoms with van der Waals surface area (Å²) in [6.45, 7) is 5.12. The van der Waals surface area contributed by atoms with Gasteiger partial charge in [-0.15, -0.1) is 0 Å². The second kappa shape index (κ2) is 4.81. The maximum atomic E-state index is 12.3. The predicted octanol–water partition coefficient (Wildman–Crippen LogP) is 0.604. The van der Waals surface area contributed by atoms with Crippen LogP contribution in [-0.2, 0) is 0 Å². The number of H-pyrrole nitrogens is 1. The molecule has 2 aliphatic rings. The predicted molar refractivity (Wildman–Crippen MR) is 72.3 cm³/mol. The first kappa shape index (κ1) is 12.4. The van der Waals surface area contributed by atoms with Gasteiger partial charge in [0.05, 0.1) is 0 Å². The van der Waals surface area contributed by atoms with Gasteiger partial charge >= 0.3 is 0 Å². The summed E-state index contributed by atoms with van der Waals surface area (Å²) in [4.78, 5) is 31.3. The van der Waals surface area contributed by atoms with Gasteiger partial charge in [0, 0.05) is 50.2 Å². The minimum Gasteiger partial charge on any atom is -0.364 e. The van der Waals surface area contributed by atoms with Gasteiger partial charge in [-0.3, -0.25) is 14.5 Å². The van der Waals surface area contributed by atoms with Crippen molar-refractivity contribution in [3.63, 3.8) is 0 Å². The van der Waals surface area contributed by atoms with Crippen LogP contribution in [0.5, 0.6) is 0 Å². The molecule has 0 bridgehead atoms. The number of carbonyl (C=O) groups excluding carboxylic acids is 1. The molecule has 1 aliphatic carbocycles. The highest BCUT2D eigenvalue weighted by Crippen LogP contribution is 2.27. The van der Waals surface area contributed by atoms with E-state index in [2.05, 4.69) is 9.88 Å². The van der Waals surface area contributed by atoms with Crippen LogP contribution in [0.25, 0.3) is 0 Å². The fourth-order valence-electron chi connectivity index (χ4n) is 2.64. The van der Waals surface area contributed by atoms with Crippen LogP contribution in [0.2, 0.25) is 0 Å². The molecule has 5 heteroatoms. The van der Waals surface area contributed by atoms with E-state index in [1.165, 1.54) is 25.1 Å². The second-order valence-electron chi connectivity index (χ2n) is 5.45. The lowest BCUT2D eigenvalue weighted by Gasteiger charge is -2.34. The van der Waals surface area contributed by atoms with Crippen molar-refractivity contribution < 1.29 is 4.79 Å². The van der Waals surface area contributed by atoms with Gasteiger partial charge in [-0.05, 0) is 19.8 Å². The van der Waals surface area contributed by atoms with Crippen LogP contribution in [0.15, 0.2) is 17.1 Å². The number of piperazine rings is 1. The first-order valence-electron chi connectivity index (χ1n) is 6.88. The van der Waals surface area contributed by atoms with Crippen molar-refractivity contribution in [3.8, 4) is 0 Å². The molecule has 1 N–H and O–H groups in total. The number of aromatic nitrogens is 1. The molecule has 0 radical (unpaired) electrons. The molecule has 1 aromatic rings. The molecule has 1 saturated carbocycles. The first-order chi connectivity index (χ1) is 9.15. The van der Waals surface area contributed by atoms with Crippen LogP contribution >= 0.6 is 0 Å². The minimum absolute atomic E-state index is 0.142. The Hall–Kier alpha value is -1.62. The highest BCUT2D eigenvalue weighted by Gasteiger charge is 2.32. The maximum absolute atomic E-state index is 12.3. The largest absolute Gasteiger partial charge is 0.364 e. The maximum Gasteiger partial charge on any atom is 0.259 e. The number of aromatic amines is 1. The Morgan fingerprint density at radius 1 is 1.26 bits per heavy atom. The van der Waals surface area contributed by atoms with Crippen molar-refractivity contribution in [2.75, 3.05) is 26.2 Å². The molecular formula is C14H19N3O2. The Labute approximate surface area is 112 Å². The number of nitrogens with one attached hydrogen (secondary N) is 1. The van der Waals surface area contributed by atoms with E-state index in [1.54, 1.807) is 4.90 Å². The van der Waals surface area contributed by atoms with Crippen molar-refractivity contribution in [3.05, 3.63) is 33.7 Å². The molecule has 19 heavy (non-hydrogen) atoms. The lowest BCUT2D eigenvalue weighted by Crippen LogP contribution is -2.50. The first-order valence-corrected chi connectivity index (χ1v) is 6.88. The summed E-state index contributed by atoms with van der Waals surface area (Å²) in [5.74, 6) is -0.142. The zero-order valence-electron chi connectivity index (χ0n) is 11.2. The quantitative estimate of drug-likeness (QED) is 0.848. The van der Waals surface area contributed by atoms with Crippen LogP contribution in [0.3, 0.4) is 0 Å². The summed E-state index contributed by atoms with van der Waals surface area (Å²) in [5, 5.41) is 0. The molecular weight excluding hydrogens is 242 g/mol. The van der Waals surface area contributed by atoms with Gasteiger partial charge < -0.3 is 9.88 Å². The fraction of sp³-hybridized carbons (Fsp3) is 0.571. The van der Waals surface area contributed by atoms with Gasteiger partial charge in [-0.1, -0.05) is 0 Å². The Kier molecular flexibility index (Phi) is 3.14. The number of hydrogen-bond donors (Lipinski definition) is 1. The smallest absolute Gasteiger partial charge is 0.259 e. The van der Waals surface area contributed by atoms with Crippen LogP contribution in [0.4, 0.5) is 0 Å². The summed E-state index contributed by atoms with van der Waals surface area (Å²) in [6.07, 6.45) is 4.13. The molecule has 0 spiro atoms. The summed E-state index contributed by atoms with van der Waals surface area (Å²) in [6, 6.07) is 2.23. The van der Waals surface area contributed by atoms with Gasteiger partial charge in [0.2, 0.25) is 0 Å². The van der Waals surface area contributed by atoms with E-state index in [1.807, 2.05) is 6.92 Å². The normalized spacial score (nSPS) is 20.6. The summed E-state index contributed by atoms with van der Waals surface area (Å²) < 4.78 is 0. The third kappa shape index (κ3) is 2.56. The van der Waals surface area contributed by atoms with Crippen LogP contribution in [0.1, 0.15) is 28.9 Å². The number of aryl methyl sites for hydroxylation is 1. The molecule has 2 fully saturated rings. The van der Waals surface area contributed by atoms with E-state index in [4.69, 9.17) is 0 Å². The summed E-state index contributed by atoms with van der Waals surface area (Å²) in [7, 11) is 0. The Bertz CT molecular complexity index is 540.